The Bertz CT molecular complexity index is 1430. The van der Waals surface area contributed by atoms with Gasteiger partial charge in [-0.15, -0.1) is 0 Å². The maximum Gasteiger partial charge on any atom is 0.471 e. The van der Waals surface area contributed by atoms with Crippen molar-refractivity contribution in [2.24, 2.45) is 0 Å². The van der Waals surface area contributed by atoms with Crippen LogP contribution >= 0.6 is 0 Å². The minimum absolute atomic E-state index is 0.0934. The van der Waals surface area contributed by atoms with Gasteiger partial charge in [0.15, 0.2) is 9.84 Å². The largest absolute Gasteiger partial charge is 0.471 e. The molecule has 0 aliphatic heterocycles. The first-order valence-electron chi connectivity index (χ1n) is 12.2. The van der Waals surface area contributed by atoms with Gasteiger partial charge in [0.2, 0.25) is 0 Å². The van der Waals surface area contributed by atoms with Crippen LogP contribution in [-0.4, -0.2) is 117 Å². The van der Waals surface area contributed by atoms with Gasteiger partial charge in [-0.1, -0.05) is 30.3 Å². The average Bonchev–Trinajstić information content (AvgIpc) is 2.91. The molecule has 0 bridgehead atoms. The number of sulfone groups is 1. The number of alkyl halides is 3. The molecule has 0 radical (unpaired) electrons. The summed E-state index contributed by atoms with van der Waals surface area (Å²) in [5, 5.41) is 29.0. The van der Waals surface area contributed by atoms with Crippen molar-refractivity contribution in [3.63, 3.8) is 0 Å². The summed E-state index contributed by atoms with van der Waals surface area (Å²) in [6.07, 6.45) is -8.25. The second-order valence-corrected chi connectivity index (χ2v) is 13.2. The van der Waals surface area contributed by atoms with Crippen molar-refractivity contribution in [2.75, 3.05) is 39.3 Å². The Labute approximate surface area is 246 Å². The molecule has 0 heterocycles. The topological polar surface area (TPSA) is 224 Å². The molecule has 20 heteroatoms. The summed E-state index contributed by atoms with van der Waals surface area (Å²) in [4.78, 5) is 40.2. The molecule has 4 N–H and O–H groups in total. The number of nitriles is 1. The van der Waals surface area contributed by atoms with Gasteiger partial charge in [-0.2, -0.15) is 23.2 Å². The van der Waals surface area contributed by atoms with E-state index < -0.39 is 85.6 Å². The van der Waals surface area contributed by atoms with Crippen molar-refractivity contribution in [1.29, 1.82) is 5.26 Å². The van der Waals surface area contributed by atoms with Crippen molar-refractivity contribution in [3.8, 4) is 6.07 Å². The summed E-state index contributed by atoms with van der Waals surface area (Å²) in [5.41, 5.74) is -0.0934. The summed E-state index contributed by atoms with van der Waals surface area (Å²) in [6, 6.07) is 8.26. The van der Waals surface area contributed by atoms with E-state index in [9.17, 15) is 59.9 Å². The number of likely N-dealkylation sites (N-methyl/N-ethyl adjacent to an activating group) is 2. The van der Waals surface area contributed by atoms with Crippen LogP contribution in [0.5, 0.6) is 0 Å². The van der Waals surface area contributed by atoms with Gasteiger partial charge in [0.25, 0.3) is 27.6 Å². The minimum Gasteiger partial charge on any atom is -0.385 e. The molecule has 3 amide bonds. The highest BCUT2D eigenvalue weighted by Gasteiger charge is 2.65. The predicted octanol–water partition coefficient (Wildman–Crippen LogP) is -1.43. The van der Waals surface area contributed by atoms with Crippen molar-refractivity contribution < 1.29 is 59.3 Å². The quantitative estimate of drug-likeness (QED) is 0.170. The number of carbonyl (C=O) groups excluding carboxylic acids is 3. The Kier molecular flexibility index (Phi) is 12.2. The average molecular weight is 660 g/mol. The smallest absolute Gasteiger partial charge is 0.385 e. The molecule has 0 fully saturated rings. The fourth-order valence-corrected chi connectivity index (χ4v) is 6.07. The Morgan fingerprint density at radius 2 is 1.56 bits per heavy atom. The van der Waals surface area contributed by atoms with Gasteiger partial charge in [-0.25, -0.2) is 16.8 Å². The maximum absolute atomic E-state index is 13.7. The first-order valence-corrected chi connectivity index (χ1v) is 15.7. The molecule has 43 heavy (non-hydrogen) atoms. The highest BCUT2D eigenvalue weighted by Crippen LogP contribution is 2.35. The molecule has 0 saturated carbocycles. The second kappa shape index (κ2) is 14.0. The lowest BCUT2D eigenvalue weighted by Crippen LogP contribution is -2.74. The second-order valence-electron chi connectivity index (χ2n) is 9.22. The van der Waals surface area contributed by atoms with E-state index in [1.165, 1.54) is 48.9 Å². The van der Waals surface area contributed by atoms with E-state index in [-0.39, 0.29) is 5.56 Å². The number of nitrogens with zero attached hydrogens (tertiary/aromatic N) is 3. The molecule has 0 aromatic heterocycles. The molecule has 1 aromatic carbocycles. The molecular weight excluding hydrogens is 627 g/mol. The van der Waals surface area contributed by atoms with Crippen molar-refractivity contribution in [1.82, 2.24) is 19.8 Å². The molecular formula is C23H32F3N5O10S2. The van der Waals surface area contributed by atoms with E-state index in [4.69, 9.17) is 4.74 Å². The molecule has 0 aliphatic rings. The fraction of sp³-hybridized carbons (Fsp3) is 0.565. The van der Waals surface area contributed by atoms with E-state index in [0.717, 1.165) is 19.4 Å². The lowest BCUT2D eigenvalue weighted by Gasteiger charge is -2.43. The number of hydrogen-bond donors (Lipinski definition) is 4. The van der Waals surface area contributed by atoms with Crippen LogP contribution < -0.4 is 10.0 Å². The Hall–Kier alpha value is -3.35. The zero-order valence-electron chi connectivity index (χ0n) is 23.6. The highest BCUT2D eigenvalue weighted by atomic mass is 32.2. The van der Waals surface area contributed by atoms with E-state index in [2.05, 4.69) is 0 Å². The van der Waals surface area contributed by atoms with Crippen molar-refractivity contribution in [2.45, 2.75) is 42.9 Å². The number of nitrogens with one attached hydrogen (secondary N) is 2. The zero-order chi connectivity index (χ0) is 33.6. The lowest BCUT2D eigenvalue weighted by molar-refractivity contribution is -0.280. The monoisotopic (exact) mass is 659 g/mol. The number of carbonyl (C=O) groups is 3. The molecule has 1 rings (SSSR count). The molecule has 1 aromatic rings. The number of amides is 3. The number of halogens is 3. The van der Waals surface area contributed by atoms with Gasteiger partial charge < -0.3 is 20.0 Å². The lowest BCUT2D eigenvalue weighted by atomic mass is 9.89. The Balaban J connectivity index is 4.25. The third-order valence-electron chi connectivity index (χ3n) is 5.78. The number of sulfonamides is 1. The summed E-state index contributed by atoms with van der Waals surface area (Å²) < 4.78 is 97.7. The maximum atomic E-state index is 13.7. The number of benzene rings is 1. The minimum atomic E-state index is -6.06. The van der Waals surface area contributed by atoms with Gasteiger partial charge in [-0.3, -0.25) is 24.4 Å². The first kappa shape index (κ1) is 37.7. The van der Waals surface area contributed by atoms with Crippen LogP contribution in [0.2, 0.25) is 0 Å². The van der Waals surface area contributed by atoms with Crippen LogP contribution in [0.3, 0.4) is 0 Å². The third-order valence-corrected chi connectivity index (χ3v) is 8.28. The summed E-state index contributed by atoms with van der Waals surface area (Å²) in [5.74, 6) is -14.5. The standard InChI is InChI=1S/C23H32F3N5O10S2/c1-6-31(7-2)20(35)23(29-18(33)22(24,25)26,43(39,40)28-14-42(5,37)38)41-21(36,19(34)30(3)4)17(32)16(13-27)15-11-9-8-10-12-15/h8-12,16-17,28,32,36H,6-7,14H2,1-5H3,(H,29,33). The summed E-state index contributed by atoms with van der Waals surface area (Å²) >= 11 is 0. The number of aliphatic hydroxyl groups is 2. The van der Waals surface area contributed by atoms with Crippen LogP contribution in [-0.2, 0) is 39.0 Å². The molecule has 4 unspecified atom stereocenters. The van der Waals surface area contributed by atoms with Gasteiger partial charge in [0.1, 0.15) is 17.9 Å². The zero-order valence-corrected chi connectivity index (χ0v) is 25.2. The van der Waals surface area contributed by atoms with Crippen LogP contribution in [0.25, 0.3) is 0 Å². The van der Waals surface area contributed by atoms with Crippen LogP contribution in [0.15, 0.2) is 30.3 Å². The molecule has 0 saturated heterocycles. The number of hydrogen-bond acceptors (Lipinski definition) is 11. The highest BCUT2D eigenvalue weighted by molar-refractivity contribution is 7.94. The molecule has 0 aliphatic carbocycles. The van der Waals surface area contributed by atoms with Gasteiger partial charge in [0, 0.05) is 33.4 Å². The fourth-order valence-electron chi connectivity index (χ4n) is 3.57. The van der Waals surface area contributed by atoms with Gasteiger partial charge in [-0.05, 0) is 19.4 Å². The van der Waals surface area contributed by atoms with E-state index in [0.29, 0.717) is 16.1 Å². The van der Waals surface area contributed by atoms with E-state index in [1.807, 2.05) is 0 Å². The van der Waals surface area contributed by atoms with E-state index >= 15 is 0 Å². The molecule has 0 spiro atoms. The summed E-state index contributed by atoms with van der Waals surface area (Å²) in [6.45, 7) is 1.58. The number of ether oxygens (including phenoxy) is 1. The number of rotatable bonds is 14. The normalized spacial score (nSPS) is 16.5. The number of aliphatic hydroxyl groups excluding tert-OH is 1. The van der Waals surface area contributed by atoms with Crippen molar-refractivity contribution in [3.05, 3.63) is 35.9 Å². The Morgan fingerprint density at radius 1 is 1.05 bits per heavy atom. The van der Waals surface area contributed by atoms with Gasteiger partial charge in [0.05, 0.1) is 6.07 Å². The van der Waals surface area contributed by atoms with Gasteiger partial charge >= 0.3 is 17.1 Å². The van der Waals surface area contributed by atoms with Crippen LogP contribution in [0.4, 0.5) is 13.2 Å². The van der Waals surface area contributed by atoms with E-state index in [1.54, 1.807) is 6.07 Å². The summed E-state index contributed by atoms with van der Waals surface area (Å²) in [7, 11) is -8.50. The first-order chi connectivity index (χ1) is 19.5. The molecule has 242 valence electrons. The van der Waals surface area contributed by atoms with Crippen LogP contribution in [0.1, 0.15) is 25.3 Å². The predicted molar refractivity (Wildman–Crippen MR) is 142 cm³/mol. The van der Waals surface area contributed by atoms with Crippen LogP contribution in [0, 0.1) is 11.3 Å². The molecule has 15 nitrogen and oxygen atoms in total. The SMILES string of the molecule is CCN(CC)C(=O)C(NC(=O)C(F)(F)F)(OC(O)(C(=O)N(C)C)C(O)C(C#N)c1ccccc1)S(=O)(=O)NCS(C)(=O)=O. The van der Waals surface area contributed by atoms with Crippen molar-refractivity contribution >= 4 is 37.6 Å². The molecule has 4 atom stereocenters. The Morgan fingerprint density at radius 3 is 1.95 bits per heavy atom. The third kappa shape index (κ3) is 8.61.